The second-order valence-electron chi connectivity index (χ2n) is 7.52. The second-order valence-corrected chi connectivity index (χ2v) is 18.1. The third-order valence-corrected chi connectivity index (χ3v) is 8.28. The van der Waals surface area contributed by atoms with Gasteiger partial charge in [-0.2, -0.15) is 0 Å². The van der Waals surface area contributed by atoms with Crippen LogP contribution in [0.4, 0.5) is 0 Å². The van der Waals surface area contributed by atoms with Crippen molar-refractivity contribution in [3.8, 4) is 0 Å². The Morgan fingerprint density at radius 2 is 0.973 bits per heavy atom. The van der Waals surface area contributed by atoms with Crippen LogP contribution in [0.25, 0.3) is 0 Å². The highest BCUT2D eigenvalue weighted by Crippen LogP contribution is 2.13. The molecule has 0 saturated heterocycles. The highest BCUT2D eigenvalue weighted by atomic mass is 35.7. The summed E-state index contributed by atoms with van der Waals surface area (Å²) in [5.41, 5.74) is 4.61. The van der Waals surface area contributed by atoms with Crippen molar-refractivity contribution in [1.82, 2.24) is 0 Å². The summed E-state index contributed by atoms with van der Waals surface area (Å²) in [6.07, 6.45) is 0.765. The minimum atomic E-state index is -1.96. The minimum Gasteiger partial charge on any atom is -0.396 e. The molecule has 3 aromatic rings. The van der Waals surface area contributed by atoms with E-state index >= 15 is 0 Å². The van der Waals surface area contributed by atoms with E-state index in [9.17, 15) is 0 Å². The molecule has 1 N–H and O–H groups in total. The molecule has 0 atom stereocenters. The first-order valence-corrected chi connectivity index (χ1v) is 19.2. The molecule has 0 radical (unpaired) electrons. The van der Waals surface area contributed by atoms with E-state index < -0.39 is 15.3 Å². The topological polar surface area (TPSA) is 38.7 Å². The lowest BCUT2D eigenvalue weighted by atomic mass is 10.2. The van der Waals surface area contributed by atoms with Crippen LogP contribution in [0.1, 0.15) is 19.4 Å². The third kappa shape index (κ3) is 28.5. The lowest BCUT2D eigenvalue weighted by molar-refractivity contribution is 0.201. The summed E-state index contributed by atoms with van der Waals surface area (Å²) in [4.78, 5) is 0. The fourth-order valence-electron chi connectivity index (χ4n) is 2.28. The Morgan fingerprint density at radius 1 is 0.676 bits per heavy atom. The molecule has 0 fully saturated rings. The highest BCUT2D eigenvalue weighted by Gasteiger charge is 2.25. The molecule has 0 amide bonds. The van der Waals surface area contributed by atoms with Gasteiger partial charge in [0.15, 0.2) is 0 Å². The normalized spacial score (nSPS) is 9.81. The van der Waals surface area contributed by atoms with E-state index in [4.69, 9.17) is 36.1 Å². The minimum absolute atomic E-state index is 0.240. The number of aliphatic hydroxyl groups excluding tert-OH is 1. The Morgan fingerprint density at radius 3 is 1.19 bits per heavy atom. The van der Waals surface area contributed by atoms with E-state index in [1.54, 1.807) is 17.9 Å². The van der Waals surface area contributed by atoms with Crippen LogP contribution in [-0.2, 0) is 15.3 Å². The molecule has 7 heteroatoms. The maximum absolute atomic E-state index is 8.52. The Labute approximate surface area is 237 Å². The summed E-state index contributed by atoms with van der Waals surface area (Å²) >= 11 is 11.0. The van der Waals surface area contributed by atoms with Crippen LogP contribution in [0.2, 0.25) is 13.1 Å². The Balaban J connectivity index is 0. The van der Waals surface area contributed by atoms with E-state index in [2.05, 4.69) is 13.2 Å². The van der Waals surface area contributed by atoms with Crippen molar-refractivity contribution in [3.05, 3.63) is 133 Å². The molecule has 0 aromatic heterocycles. The monoisotopic (exact) mass is 578 g/mol. The Bertz CT molecular complexity index is 771. The molecule has 0 saturated carbocycles. The summed E-state index contributed by atoms with van der Waals surface area (Å²) in [6, 6.07) is 33.9. The average molecular weight is 580 g/mol. The smallest absolute Gasteiger partial charge is 0.361 e. The van der Waals surface area contributed by atoms with E-state index in [0.29, 0.717) is 13.2 Å². The van der Waals surface area contributed by atoms with Gasteiger partial charge in [-0.3, -0.25) is 0 Å². The zero-order chi connectivity index (χ0) is 28.3. The molecule has 0 unspecified atom stereocenters. The van der Waals surface area contributed by atoms with E-state index in [1.165, 1.54) is 5.56 Å². The molecular weight excluding hydrogens is 535 g/mol. The van der Waals surface area contributed by atoms with Gasteiger partial charge in [0.05, 0.1) is 0 Å². The molecule has 0 spiro atoms. The van der Waals surface area contributed by atoms with Crippen molar-refractivity contribution < 1.29 is 14.0 Å². The van der Waals surface area contributed by atoms with Crippen molar-refractivity contribution >= 4 is 37.4 Å². The van der Waals surface area contributed by atoms with Gasteiger partial charge in [-0.25, -0.2) is 0 Å². The highest BCUT2D eigenvalue weighted by molar-refractivity contribution is 7.47. The maximum Gasteiger partial charge on any atom is 0.361 e. The van der Waals surface area contributed by atoms with Gasteiger partial charge in [0.25, 0.3) is 6.69 Å². The van der Waals surface area contributed by atoms with Crippen molar-refractivity contribution in [3.63, 3.8) is 0 Å². The first-order valence-electron chi connectivity index (χ1n) is 12.3. The molecule has 0 aliphatic heterocycles. The molecule has 3 aromatic carbocycles. The van der Waals surface area contributed by atoms with Gasteiger partial charge in [0.1, 0.15) is 0 Å². The molecule has 0 aliphatic rings. The SMILES string of the molecule is C=C[Si](C)(Cl)Cl.C=C[Si](C)(OCC)OCC.OCCc1ccccc1.c1ccccc1.c1ccccc1. The molecule has 3 rings (SSSR count). The van der Waals surface area contributed by atoms with E-state index in [-0.39, 0.29) is 6.61 Å². The molecule has 3 nitrogen and oxygen atoms in total. The van der Waals surface area contributed by atoms with Crippen LogP contribution in [0, 0.1) is 0 Å². The van der Waals surface area contributed by atoms with Crippen LogP contribution in [0.5, 0.6) is 0 Å². The van der Waals surface area contributed by atoms with Gasteiger partial charge in [-0.05, 0) is 44.6 Å². The summed E-state index contributed by atoms with van der Waals surface area (Å²) in [5.74, 6) is 0. The van der Waals surface area contributed by atoms with E-state index in [1.807, 2.05) is 124 Å². The number of aliphatic hydroxyl groups is 1. The number of benzene rings is 3. The lowest BCUT2D eigenvalue weighted by Crippen LogP contribution is -2.36. The predicted octanol–water partition coefficient (Wildman–Crippen LogP) is 8.71. The van der Waals surface area contributed by atoms with Crippen LogP contribution < -0.4 is 0 Å². The number of halogens is 2. The van der Waals surface area contributed by atoms with Gasteiger partial charge in [0.2, 0.25) is 0 Å². The largest absolute Gasteiger partial charge is 0.396 e. The van der Waals surface area contributed by atoms with Crippen LogP contribution >= 0.6 is 22.2 Å². The quantitative estimate of drug-likeness (QED) is 0.214. The van der Waals surface area contributed by atoms with Gasteiger partial charge in [0, 0.05) is 19.8 Å². The summed E-state index contributed by atoms with van der Waals surface area (Å²) in [5, 5.41) is 8.52. The van der Waals surface area contributed by atoms with Crippen LogP contribution in [-0.4, -0.2) is 40.2 Å². The number of hydrogen-bond acceptors (Lipinski definition) is 3. The first-order chi connectivity index (χ1) is 17.7. The average Bonchev–Trinajstić information content (AvgIpc) is 2.93. The molecular formula is C30H44Cl2O3Si2. The summed E-state index contributed by atoms with van der Waals surface area (Å²) in [7, 11) is -1.96. The zero-order valence-corrected chi connectivity index (χ0v) is 26.2. The standard InChI is InChI=1S/C8H10O.C7H16O2Si.2C6H6.C3H6Cl2Si/c9-7-6-8-4-2-1-3-5-8;1-5-8-10(4,7-3)9-6-2;2*1-2-4-6-5-3-1;1-3-6(2,4)5/h1-5,9H,6-7H2;7H,3,5-6H2,1-2,4H3;2*1-6H;3H,1H2,2H3. The van der Waals surface area contributed by atoms with Gasteiger partial charge < -0.3 is 14.0 Å². The van der Waals surface area contributed by atoms with Crippen molar-refractivity contribution in [2.24, 2.45) is 0 Å². The van der Waals surface area contributed by atoms with Gasteiger partial charge >= 0.3 is 8.56 Å². The molecule has 0 aliphatic carbocycles. The van der Waals surface area contributed by atoms with Crippen molar-refractivity contribution in [1.29, 1.82) is 0 Å². The number of rotatable bonds is 8. The summed E-state index contributed by atoms with van der Waals surface area (Å²) in [6.45, 7) is 14.6. The molecule has 37 heavy (non-hydrogen) atoms. The summed E-state index contributed by atoms with van der Waals surface area (Å²) < 4.78 is 10.8. The van der Waals surface area contributed by atoms with Crippen molar-refractivity contribution in [2.45, 2.75) is 33.4 Å². The Hall–Kier alpha value is -1.97. The number of hydrogen-bond donors (Lipinski definition) is 1. The van der Waals surface area contributed by atoms with Gasteiger partial charge in [-0.15, -0.1) is 35.3 Å². The Kier molecular flexibility index (Phi) is 25.8. The fourth-order valence-corrected chi connectivity index (χ4v) is 3.74. The van der Waals surface area contributed by atoms with Crippen LogP contribution in [0.15, 0.2) is 128 Å². The zero-order valence-electron chi connectivity index (χ0n) is 22.7. The molecule has 0 heterocycles. The molecule has 0 bridgehead atoms. The maximum atomic E-state index is 8.52. The van der Waals surface area contributed by atoms with Crippen LogP contribution in [0.3, 0.4) is 0 Å². The lowest BCUT2D eigenvalue weighted by Gasteiger charge is -2.21. The predicted molar refractivity (Wildman–Crippen MR) is 169 cm³/mol. The second kappa shape index (κ2) is 25.7. The fraction of sp³-hybridized carbons (Fsp3) is 0.267. The van der Waals surface area contributed by atoms with Gasteiger partial charge in [-0.1, -0.05) is 109 Å². The van der Waals surface area contributed by atoms with Crippen molar-refractivity contribution in [2.75, 3.05) is 19.8 Å². The third-order valence-electron chi connectivity index (χ3n) is 4.17. The first kappa shape index (κ1) is 37.2. The molecule has 204 valence electrons. The van der Waals surface area contributed by atoms with E-state index in [0.717, 1.165) is 6.42 Å².